The molecule has 0 aromatic carbocycles. The molecule has 5 nitrogen and oxygen atoms in total. The molecule has 0 spiro atoms. The number of aliphatic hydroxyl groups excluding tert-OH is 4. The Morgan fingerprint density at radius 2 is 0.983 bits per heavy atom. The highest BCUT2D eigenvalue weighted by molar-refractivity contribution is 5.40. The van der Waals surface area contributed by atoms with E-state index >= 15 is 0 Å². The normalized spacial score (nSPS) is 42.9. The first-order valence-corrected chi connectivity index (χ1v) is 24.2. The Hall–Kier alpha value is -2.28. The van der Waals surface area contributed by atoms with E-state index in [1.165, 1.54) is 77.0 Å². The number of aliphatic hydroxyl groups is 4. The predicted molar refractivity (Wildman–Crippen MR) is 240 cm³/mol. The van der Waals surface area contributed by atoms with Crippen molar-refractivity contribution in [1.29, 1.82) is 0 Å². The summed E-state index contributed by atoms with van der Waals surface area (Å²) in [5, 5.41) is 41.4. The van der Waals surface area contributed by atoms with Gasteiger partial charge in [-0.15, -0.1) is 0 Å². The molecular formula is C54H78O5. The van der Waals surface area contributed by atoms with Crippen LogP contribution in [0.4, 0.5) is 0 Å². The van der Waals surface area contributed by atoms with Crippen LogP contribution in [-0.2, 0) is 4.74 Å². The van der Waals surface area contributed by atoms with Gasteiger partial charge in [0, 0.05) is 12.8 Å². The van der Waals surface area contributed by atoms with Crippen molar-refractivity contribution >= 4 is 0 Å². The first-order chi connectivity index (χ1) is 28.2. The van der Waals surface area contributed by atoms with Gasteiger partial charge in [-0.05, 0) is 183 Å². The molecule has 8 aliphatic rings. The maximum absolute atomic E-state index is 10.4. The molecule has 0 bridgehead atoms. The van der Waals surface area contributed by atoms with Gasteiger partial charge in [0.1, 0.15) is 0 Å². The van der Waals surface area contributed by atoms with E-state index in [1.807, 2.05) is 0 Å². The molecule has 0 unspecified atom stereocenters. The van der Waals surface area contributed by atoms with E-state index in [0.717, 1.165) is 35.1 Å². The zero-order valence-corrected chi connectivity index (χ0v) is 37.0. The molecule has 8 aliphatic carbocycles. The van der Waals surface area contributed by atoms with Crippen LogP contribution in [-0.4, -0.2) is 57.0 Å². The van der Waals surface area contributed by atoms with Crippen LogP contribution in [0.15, 0.2) is 95.2 Å². The van der Waals surface area contributed by atoms with Gasteiger partial charge in [0.25, 0.3) is 0 Å². The van der Waals surface area contributed by atoms with Crippen LogP contribution in [0, 0.1) is 58.2 Å². The lowest BCUT2D eigenvalue weighted by Gasteiger charge is -2.44. The lowest BCUT2D eigenvalue weighted by Crippen LogP contribution is -2.35. The quantitative estimate of drug-likeness (QED) is 0.148. The molecule has 8 rings (SSSR count). The highest BCUT2D eigenvalue weighted by Gasteiger charge is 2.52. The minimum absolute atomic E-state index is 0.201. The number of hydrogen-bond acceptors (Lipinski definition) is 5. The van der Waals surface area contributed by atoms with Crippen molar-refractivity contribution in [1.82, 2.24) is 0 Å². The Balaban J connectivity index is 0.904. The van der Waals surface area contributed by atoms with Crippen molar-refractivity contribution in [3.05, 3.63) is 95.2 Å². The first-order valence-electron chi connectivity index (χ1n) is 24.2. The summed E-state index contributed by atoms with van der Waals surface area (Å²) in [6, 6.07) is 0. The van der Waals surface area contributed by atoms with Gasteiger partial charge in [0.2, 0.25) is 0 Å². The summed E-state index contributed by atoms with van der Waals surface area (Å²) < 4.78 is 7.16. The Labute approximate surface area is 357 Å². The monoisotopic (exact) mass is 807 g/mol. The third-order valence-electron chi connectivity index (χ3n) is 17.6. The lowest BCUT2D eigenvalue weighted by atomic mass is 9.61. The summed E-state index contributed by atoms with van der Waals surface area (Å²) in [7, 11) is 0. The van der Waals surface area contributed by atoms with E-state index in [2.05, 4.69) is 89.5 Å². The lowest BCUT2D eigenvalue weighted by molar-refractivity contribution is 0.0164. The van der Waals surface area contributed by atoms with E-state index in [-0.39, 0.29) is 12.2 Å². The van der Waals surface area contributed by atoms with Crippen molar-refractivity contribution < 1.29 is 25.2 Å². The molecule has 8 saturated carbocycles. The summed E-state index contributed by atoms with van der Waals surface area (Å²) in [4.78, 5) is 0. The van der Waals surface area contributed by atoms with Crippen LogP contribution < -0.4 is 0 Å². The average molecular weight is 807 g/mol. The fourth-order valence-corrected chi connectivity index (χ4v) is 13.7. The minimum atomic E-state index is -0.638. The fourth-order valence-electron chi connectivity index (χ4n) is 13.7. The SMILES string of the molecule is C=C1C(=C/C=C2\CCC[C@]3(C)[C@@H]([C@H](C)/C=C/[C@H](O[C@H](/C=C/[C@@H](C)[C@H]4CC[C@H]5C(=C/C=C6/C[C@@H](O)C[C@H](O)C6=C)CCC[C@]45C)C4CC4)C4CC4)CC[C@@H]23)C[C@@H](O)C[C@@H]1O. The van der Waals surface area contributed by atoms with Crippen molar-refractivity contribution in [3.63, 3.8) is 0 Å². The molecule has 0 saturated heterocycles. The van der Waals surface area contributed by atoms with Gasteiger partial charge in [-0.25, -0.2) is 0 Å². The van der Waals surface area contributed by atoms with Gasteiger partial charge in [-0.1, -0.05) is 101 Å². The maximum atomic E-state index is 10.4. The third kappa shape index (κ3) is 9.27. The molecule has 5 heteroatoms. The van der Waals surface area contributed by atoms with Gasteiger partial charge < -0.3 is 25.2 Å². The Morgan fingerprint density at radius 3 is 1.37 bits per heavy atom. The summed E-state index contributed by atoms with van der Waals surface area (Å²) in [6.07, 6.45) is 36.7. The number of allylic oxidation sites excluding steroid dienone is 8. The molecule has 0 aromatic heterocycles. The number of fused-ring (bicyclic) bond motifs is 2. The minimum Gasteiger partial charge on any atom is -0.393 e. The zero-order chi connectivity index (χ0) is 41.6. The standard InChI is InChI=1S/C54H78O5/c1-33(45-21-23-47-37(9-7-27-53(45,47)5)13-19-41-29-43(55)31-49(57)35(41)3)11-25-51(39-15-16-39)59-52(40-17-18-40)26-12-34(2)46-22-24-48-38(10-8-28-54(46,48)6)14-20-42-30-44(56)32-50(58)36(42)4/h11-14,19-20,25-26,33-34,39-40,43-52,55-58H,3-4,7-10,15-18,21-24,27-32H2,1-2,5-6H3/b25-11+,26-12+,37-13+,38-14?,41-19?,42-20-/t33-,34-,43-,44-,45-,46-,47+,48+,49+,50+,51+,52-,53-,54-/m1/s1. The molecule has 0 aliphatic heterocycles. The average Bonchev–Trinajstić information content (AvgIpc) is 4.14. The highest BCUT2D eigenvalue weighted by Crippen LogP contribution is 2.61. The van der Waals surface area contributed by atoms with Crippen LogP contribution in [0.3, 0.4) is 0 Å². The summed E-state index contributed by atoms with van der Waals surface area (Å²) in [5.41, 5.74) is 7.28. The second-order valence-corrected chi connectivity index (χ2v) is 21.6. The highest BCUT2D eigenvalue weighted by atomic mass is 16.5. The first kappa shape index (κ1) is 43.4. The van der Waals surface area contributed by atoms with Crippen LogP contribution in [0.1, 0.15) is 143 Å². The Kier molecular flexibility index (Phi) is 13.1. The molecule has 14 atom stereocenters. The van der Waals surface area contributed by atoms with Crippen molar-refractivity contribution in [2.45, 2.75) is 180 Å². The van der Waals surface area contributed by atoms with Gasteiger partial charge in [0.05, 0.1) is 36.6 Å². The Bertz CT molecular complexity index is 1630. The smallest absolute Gasteiger partial charge is 0.0811 e. The van der Waals surface area contributed by atoms with Gasteiger partial charge in [-0.2, -0.15) is 0 Å². The molecule has 4 N–H and O–H groups in total. The summed E-state index contributed by atoms with van der Waals surface area (Å²) >= 11 is 0. The van der Waals surface area contributed by atoms with E-state index in [0.29, 0.717) is 83.9 Å². The second-order valence-electron chi connectivity index (χ2n) is 21.6. The molecule has 0 amide bonds. The molecule has 0 radical (unpaired) electrons. The maximum Gasteiger partial charge on any atom is 0.0811 e. The largest absolute Gasteiger partial charge is 0.393 e. The fraction of sp³-hybridized carbons (Fsp3) is 0.704. The van der Waals surface area contributed by atoms with Crippen LogP contribution in [0.2, 0.25) is 0 Å². The zero-order valence-electron chi connectivity index (χ0n) is 37.0. The predicted octanol–water partition coefficient (Wildman–Crippen LogP) is 11.2. The van der Waals surface area contributed by atoms with E-state index in [1.54, 1.807) is 11.1 Å². The number of ether oxygens (including phenoxy) is 1. The molecule has 0 heterocycles. The third-order valence-corrected chi connectivity index (χ3v) is 17.6. The second kappa shape index (κ2) is 17.8. The topological polar surface area (TPSA) is 90.2 Å². The van der Waals surface area contributed by atoms with Crippen LogP contribution in [0.5, 0.6) is 0 Å². The molecule has 59 heavy (non-hydrogen) atoms. The van der Waals surface area contributed by atoms with Gasteiger partial charge in [-0.3, -0.25) is 0 Å². The van der Waals surface area contributed by atoms with Crippen LogP contribution >= 0.6 is 0 Å². The van der Waals surface area contributed by atoms with Crippen molar-refractivity contribution in [3.8, 4) is 0 Å². The molecule has 8 fully saturated rings. The van der Waals surface area contributed by atoms with E-state index < -0.39 is 24.4 Å². The molecular weight excluding hydrogens is 729 g/mol. The summed E-state index contributed by atoms with van der Waals surface area (Å²) in [6.45, 7) is 18.4. The number of hydrogen-bond donors (Lipinski definition) is 4. The van der Waals surface area contributed by atoms with Crippen LogP contribution in [0.25, 0.3) is 0 Å². The molecule has 324 valence electrons. The van der Waals surface area contributed by atoms with Gasteiger partial charge >= 0.3 is 0 Å². The van der Waals surface area contributed by atoms with E-state index in [4.69, 9.17) is 4.74 Å². The van der Waals surface area contributed by atoms with E-state index in [9.17, 15) is 20.4 Å². The van der Waals surface area contributed by atoms with Crippen molar-refractivity contribution in [2.24, 2.45) is 58.2 Å². The summed E-state index contributed by atoms with van der Waals surface area (Å²) in [5.74, 6) is 4.82. The number of rotatable bonds is 12. The van der Waals surface area contributed by atoms with Crippen molar-refractivity contribution in [2.75, 3.05) is 0 Å². The molecule has 0 aromatic rings. The van der Waals surface area contributed by atoms with Gasteiger partial charge in [0.15, 0.2) is 0 Å². The Morgan fingerprint density at radius 1 is 0.576 bits per heavy atom.